The van der Waals surface area contributed by atoms with Gasteiger partial charge < -0.3 is 5.73 Å². The smallest absolute Gasteiger partial charge is 0.198 e. The second-order valence-electron chi connectivity index (χ2n) is 1.10. The zero-order chi connectivity index (χ0) is 5.86. The molecule has 7 heavy (non-hydrogen) atoms. The first kappa shape index (κ1) is 6.62. The number of nitrogens with zero attached hydrogens (tertiary/aromatic N) is 1. The molecule has 0 aromatic carbocycles. The maximum absolute atomic E-state index is 6.73. The van der Waals surface area contributed by atoms with Gasteiger partial charge in [-0.2, -0.15) is 0 Å². The SMILES string of the molecule is CCN(S)C(=N)N. The van der Waals surface area contributed by atoms with Gasteiger partial charge in [0.05, 0.1) is 0 Å². The van der Waals surface area contributed by atoms with Crippen LogP contribution in [0.1, 0.15) is 6.92 Å². The molecular formula is C3H9N3S. The summed E-state index contributed by atoms with van der Waals surface area (Å²) in [5.41, 5.74) is 4.98. The van der Waals surface area contributed by atoms with Gasteiger partial charge in [-0.1, -0.05) is 12.8 Å². The first-order valence-corrected chi connectivity index (χ1v) is 2.39. The van der Waals surface area contributed by atoms with Gasteiger partial charge >= 0.3 is 0 Å². The molecule has 0 saturated heterocycles. The highest BCUT2D eigenvalue weighted by atomic mass is 32.1. The number of guanidine groups is 1. The fraction of sp³-hybridized carbons (Fsp3) is 0.667. The van der Waals surface area contributed by atoms with Gasteiger partial charge in [0.15, 0.2) is 5.96 Å². The molecule has 0 spiro atoms. The van der Waals surface area contributed by atoms with E-state index in [-0.39, 0.29) is 5.96 Å². The molecule has 0 amide bonds. The van der Waals surface area contributed by atoms with E-state index in [0.29, 0.717) is 6.54 Å². The van der Waals surface area contributed by atoms with E-state index in [2.05, 4.69) is 12.8 Å². The van der Waals surface area contributed by atoms with Gasteiger partial charge in [0.1, 0.15) is 0 Å². The lowest BCUT2D eigenvalue weighted by Crippen LogP contribution is -2.27. The van der Waals surface area contributed by atoms with Gasteiger partial charge in [0.2, 0.25) is 0 Å². The third-order valence-electron chi connectivity index (χ3n) is 0.578. The maximum Gasteiger partial charge on any atom is 0.198 e. The fourth-order valence-corrected chi connectivity index (χ4v) is 0.170. The molecule has 0 fully saturated rings. The van der Waals surface area contributed by atoms with Crippen LogP contribution in [0.2, 0.25) is 0 Å². The van der Waals surface area contributed by atoms with Crippen molar-refractivity contribution in [2.75, 3.05) is 6.54 Å². The fourth-order valence-electron chi connectivity index (χ4n) is 0.170. The van der Waals surface area contributed by atoms with Crippen LogP contribution in [0.25, 0.3) is 0 Å². The molecule has 0 radical (unpaired) electrons. The Kier molecular flexibility index (Phi) is 2.59. The largest absolute Gasteiger partial charge is 0.369 e. The van der Waals surface area contributed by atoms with E-state index in [1.54, 1.807) is 0 Å². The number of thiol groups is 1. The Bertz CT molecular complexity index is 72.6. The van der Waals surface area contributed by atoms with E-state index < -0.39 is 0 Å². The number of hydrogen-bond acceptors (Lipinski definition) is 2. The van der Waals surface area contributed by atoms with Crippen molar-refractivity contribution in [1.82, 2.24) is 4.31 Å². The summed E-state index contributed by atoms with van der Waals surface area (Å²) in [6, 6.07) is 0. The lowest BCUT2D eigenvalue weighted by molar-refractivity contribution is 0.708. The molecule has 0 aliphatic carbocycles. The molecule has 0 bridgehead atoms. The number of nitrogens with one attached hydrogen (secondary N) is 1. The van der Waals surface area contributed by atoms with Crippen molar-refractivity contribution in [2.45, 2.75) is 6.92 Å². The van der Waals surface area contributed by atoms with E-state index in [4.69, 9.17) is 11.1 Å². The minimum Gasteiger partial charge on any atom is -0.369 e. The Hall–Kier alpha value is -0.380. The molecular weight excluding hydrogens is 110 g/mol. The van der Waals surface area contributed by atoms with Crippen molar-refractivity contribution >= 4 is 18.8 Å². The molecule has 0 saturated carbocycles. The Morgan fingerprint density at radius 3 is 2.43 bits per heavy atom. The lowest BCUT2D eigenvalue weighted by Gasteiger charge is -2.09. The van der Waals surface area contributed by atoms with Gasteiger partial charge in [-0.05, 0) is 6.92 Å². The van der Waals surface area contributed by atoms with E-state index in [0.717, 1.165) is 0 Å². The van der Waals surface area contributed by atoms with Crippen molar-refractivity contribution in [3.05, 3.63) is 0 Å². The Morgan fingerprint density at radius 2 is 2.43 bits per heavy atom. The van der Waals surface area contributed by atoms with E-state index >= 15 is 0 Å². The molecule has 0 atom stereocenters. The second-order valence-corrected chi connectivity index (χ2v) is 1.58. The van der Waals surface area contributed by atoms with Crippen molar-refractivity contribution in [2.24, 2.45) is 5.73 Å². The van der Waals surface area contributed by atoms with Crippen LogP contribution in [0.4, 0.5) is 0 Å². The van der Waals surface area contributed by atoms with Crippen molar-refractivity contribution < 1.29 is 0 Å². The van der Waals surface area contributed by atoms with Crippen LogP contribution in [0.5, 0.6) is 0 Å². The van der Waals surface area contributed by atoms with E-state index in [1.165, 1.54) is 4.31 Å². The van der Waals surface area contributed by atoms with Crippen LogP contribution in [0.3, 0.4) is 0 Å². The highest BCUT2D eigenvalue weighted by Crippen LogP contribution is 1.86. The summed E-state index contributed by atoms with van der Waals surface area (Å²) in [6.45, 7) is 2.53. The van der Waals surface area contributed by atoms with Gasteiger partial charge in [0, 0.05) is 6.54 Å². The van der Waals surface area contributed by atoms with Gasteiger partial charge in [0.25, 0.3) is 0 Å². The number of rotatable bonds is 1. The number of nitrogens with two attached hydrogens (primary N) is 1. The quantitative estimate of drug-likeness (QED) is 0.259. The zero-order valence-corrected chi connectivity index (χ0v) is 5.07. The summed E-state index contributed by atoms with van der Waals surface area (Å²) in [5, 5.41) is 6.73. The highest BCUT2D eigenvalue weighted by Gasteiger charge is 1.91. The predicted molar refractivity (Wildman–Crippen MR) is 33.3 cm³/mol. The molecule has 0 rings (SSSR count). The standard InChI is InChI=1S/C3H9N3S/c1-2-6(7)3(4)5/h7H,2H2,1H3,(H3,4,5). The van der Waals surface area contributed by atoms with Gasteiger partial charge in [-0.3, -0.25) is 9.71 Å². The zero-order valence-electron chi connectivity index (χ0n) is 4.18. The molecule has 0 aromatic heterocycles. The van der Waals surface area contributed by atoms with Crippen molar-refractivity contribution in [3.63, 3.8) is 0 Å². The second kappa shape index (κ2) is 2.74. The summed E-state index contributed by atoms with van der Waals surface area (Å²) in [7, 11) is 0. The normalized spacial score (nSPS) is 8.29. The van der Waals surface area contributed by atoms with Gasteiger partial charge in [-0.15, -0.1) is 0 Å². The molecule has 0 unspecified atom stereocenters. The molecule has 3 nitrogen and oxygen atoms in total. The maximum atomic E-state index is 6.73. The van der Waals surface area contributed by atoms with Crippen LogP contribution in [0.15, 0.2) is 0 Å². The van der Waals surface area contributed by atoms with Crippen LogP contribution < -0.4 is 5.73 Å². The van der Waals surface area contributed by atoms with Gasteiger partial charge in [-0.25, -0.2) is 0 Å². The minimum atomic E-state index is -0.00849. The molecule has 0 heterocycles. The first-order chi connectivity index (χ1) is 3.18. The molecule has 42 valence electrons. The van der Waals surface area contributed by atoms with Crippen molar-refractivity contribution in [1.29, 1.82) is 5.41 Å². The molecule has 0 aliphatic rings. The minimum absolute atomic E-state index is 0.00849. The summed E-state index contributed by atoms with van der Waals surface area (Å²) in [4.78, 5) is 0. The Labute approximate surface area is 48.5 Å². The summed E-state index contributed by atoms with van der Waals surface area (Å²) in [5.74, 6) is -0.00849. The summed E-state index contributed by atoms with van der Waals surface area (Å²) >= 11 is 3.81. The highest BCUT2D eigenvalue weighted by molar-refractivity contribution is 7.78. The number of hydrogen-bond donors (Lipinski definition) is 3. The Morgan fingerprint density at radius 1 is 2.00 bits per heavy atom. The van der Waals surface area contributed by atoms with E-state index in [1.807, 2.05) is 6.92 Å². The van der Waals surface area contributed by atoms with Crippen molar-refractivity contribution in [3.8, 4) is 0 Å². The third kappa shape index (κ3) is 2.33. The van der Waals surface area contributed by atoms with Crippen LogP contribution in [-0.2, 0) is 0 Å². The Balaban J connectivity index is 3.34. The van der Waals surface area contributed by atoms with E-state index in [9.17, 15) is 0 Å². The monoisotopic (exact) mass is 119 g/mol. The first-order valence-electron chi connectivity index (χ1n) is 1.99. The lowest BCUT2D eigenvalue weighted by atomic mass is 10.7. The third-order valence-corrected chi connectivity index (χ3v) is 1.08. The molecule has 0 aliphatic heterocycles. The molecule has 3 N–H and O–H groups in total. The van der Waals surface area contributed by atoms with Crippen LogP contribution >= 0.6 is 12.8 Å². The summed E-state index contributed by atoms with van der Waals surface area (Å²) < 4.78 is 1.35. The summed E-state index contributed by atoms with van der Waals surface area (Å²) in [6.07, 6.45) is 0. The topological polar surface area (TPSA) is 53.1 Å². The van der Waals surface area contributed by atoms with Crippen LogP contribution in [0, 0.1) is 5.41 Å². The van der Waals surface area contributed by atoms with Crippen LogP contribution in [-0.4, -0.2) is 16.8 Å². The predicted octanol–water partition coefficient (Wildman–Crippen LogP) is 0.0466. The molecule has 0 aromatic rings. The molecule has 4 heteroatoms. The average molecular weight is 119 g/mol. The average Bonchev–Trinajstić information content (AvgIpc) is 1.65.